The van der Waals surface area contributed by atoms with Crippen LogP contribution in [-0.2, 0) is 14.3 Å². The van der Waals surface area contributed by atoms with Gasteiger partial charge in [0.25, 0.3) is 11.6 Å². The number of carbonyl (C=O) groups is 3. The fourth-order valence-electron chi connectivity index (χ4n) is 4.49. The lowest BCUT2D eigenvalue weighted by Crippen LogP contribution is -2.54. The molecule has 170 valence electrons. The molecular formula is C22H24N2O7S. The summed E-state index contributed by atoms with van der Waals surface area (Å²) in [5, 5.41) is 23.1. The van der Waals surface area contributed by atoms with Crippen molar-refractivity contribution in [3.8, 4) is 0 Å². The molecule has 1 aromatic heterocycles. The second-order valence-electron chi connectivity index (χ2n) is 8.21. The van der Waals surface area contributed by atoms with Crippen molar-refractivity contribution in [2.24, 2.45) is 11.8 Å². The number of ether oxygens (including phenoxy) is 1. The largest absolute Gasteiger partial charge is 0.479 e. The van der Waals surface area contributed by atoms with E-state index in [9.17, 15) is 29.6 Å². The molecule has 3 unspecified atom stereocenters. The van der Waals surface area contributed by atoms with E-state index in [1.54, 1.807) is 17.5 Å². The Hall–Kier alpha value is -3.27. The first-order valence-corrected chi connectivity index (χ1v) is 10.9. The lowest BCUT2D eigenvalue weighted by atomic mass is 9.83. The number of esters is 1. The maximum absolute atomic E-state index is 13.7. The number of nitro groups is 1. The second kappa shape index (κ2) is 9.07. The number of carbonyl (C=O) groups excluding carboxylic acids is 2. The number of carboxylic acids is 1. The number of carboxylic acid groups (broad SMARTS) is 1. The number of nitrogens with zero attached hydrogens (tertiary/aromatic N) is 2. The van der Waals surface area contributed by atoms with Crippen molar-refractivity contribution in [3.63, 3.8) is 0 Å². The summed E-state index contributed by atoms with van der Waals surface area (Å²) in [5.74, 6) is -3.34. The highest BCUT2D eigenvalue weighted by atomic mass is 32.1. The van der Waals surface area contributed by atoms with Crippen molar-refractivity contribution >= 4 is 34.9 Å². The smallest absolute Gasteiger partial charge is 0.329 e. The van der Waals surface area contributed by atoms with Gasteiger partial charge >= 0.3 is 11.9 Å². The predicted molar refractivity (Wildman–Crippen MR) is 116 cm³/mol. The van der Waals surface area contributed by atoms with Crippen LogP contribution in [0.5, 0.6) is 0 Å². The van der Waals surface area contributed by atoms with Crippen LogP contribution >= 0.6 is 11.3 Å². The van der Waals surface area contributed by atoms with Crippen molar-refractivity contribution in [3.05, 3.63) is 62.3 Å². The number of aliphatic carboxylic acids is 1. The summed E-state index contributed by atoms with van der Waals surface area (Å²) in [5.41, 5.74) is -1.71. The summed E-state index contributed by atoms with van der Waals surface area (Å²) in [6, 6.07) is 7.71. The molecule has 0 aliphatic carbocycles. The standard InChI is InChI=1S/C22H24N2O7S/c1-13(2)11-22(21(27)28)12-16(20(26)31-3)18(17-5-4-10-32-17)23(22)19(25)14-6-8-15(9-7-14)24(29)30/h4-10,13,16,18H,11-12H2,1-3H3,(H,27,28). The summed E-state index contributed by atoms with van der Waals surface area (Å²) in [6.45, 7) is 3.70. The topological polar surface area (TPSA) is 127 Å². The van der Waals surface area contributed by atoms with Gasteiger partial charge in [-0.25, -0.2) is 4.79 Å². The van der Waals surface area contributed by atoms with Gasteiger partial charge in [0, 0.05) is 22.6 Å². The van der Waals surface area contributed by atoms with Gasteiger partial charge in [0.15, 0.2) is 0 Å². The number of amides is 1. The van der Waals surface area contributed by atoms with Gasteiger partial charge in [0.2, 0.25) is 0 Å². The van der Waals surface area contributed by atoms with E-state index >= 15 is 0 Å². The molecule has 9 nitrogen and oxygen atoms in total. The number of methoxy groups -OCH3 is 1. The minimum absolute atomic E-state index is 0.0846. The lowest BCUT2D eigenvalue weighted by molar-refractivity contribution is -0.384. The Balaban J connectivity index is 2.19. The fraction of sp³-hybridized carbons (Fsp3) is 0.409. The quantitative estimate of drug-likeness (QED) is 0.377. The molecule has 1 aliphatic rings. The van der Waals surface area contributed by atoms with Gasteiger partial charge in [0.05, 0.1) is 24.0 Å². The molecule has 32 heavy (non-hydrogen) atoms. The summed E-state index contributed by atoms with van der Waals surface area (Å²) in [7, 11) is 1.24. The SMILES string of the molecule is COC(=O)C1CC(CC(C)C)(C(=O)O)N(C(=O)c2ccc([N+](=O)[O-])cc2)C1c1cccs1. The van der Waals surface area contributed by atoms with Gasteiger partial charge in [-0.05, 0) is 42.3 Å². The summed E-state index contributed by atoms with van der Waals surface area (Å²) in [4.78, 5) is 51.5. The molecule has 1 N–H and O–H groups in total. The van der Waals surface area contributed by atoms with Crippen LogP contribution in [0.2, 0.25) is 0 Å². The molecule has 0 bridgehead atoms. The van der Waals surface area contributed by atoms with Crippen LogP contribution in [0.15, 0.2) is 41.8 Å². The van der Waals surface area contributed by atoms with Crippen molar-refractivity contribution in [1.29, 1.82) is 0 Å². The Kier molecular flexibility index (Phi) is 6.63. The summed E-state index contributed by atoms with van der Waals surface area (Å²) >= 11 is 1.32. The first kappa shape index (κ1) is 23.4. The van der Waals surface area contributed by atoms with Crippen LogP contribution in [0.3, 0.4) is 0 Å². The average Bonchev–Trinajstić information content (AvgIpc) is 3.39. The van der Waals surface area contributed by atoms with E-state index in [1.807, 2.05) is 13.8 Å². The van der Waals surface area contributed by atoms with Crippen LogP contribution in [0, 0.1) is 22.0 Å². The van der Waals surface area contributed by atoms with Crippen LogP contribution in [-0.4, -0.2) is 45.4 Å². The monoisotopic (exact) mass is 460 g/mol. The van der Waals surface area contributed by atoms with E-state index in [0.717, 1.165) is 0 Å². The second-order valence-corrected chi connectivity index (χ2v) is 9.19. The van der Waals surface area contributed by atoms with Crippen molar-refractivity contribution in [1.82, 2.24) is 4.90 Å². The number of likely N-dealkylation sites (tertiary alicyclic amines) is 1. The maximum atomic E-state index is 13.7. The van der Waals surface area contributed by atoms with Crippen LogP contribution in [0.25, 0.3) is 0 Å². The zero-order valence-corrected chi connectivity index (χ0v) is 18.7. The van der Waals surface area contributed by atoms with Gasteiger partial charge < -0.3 is 14.7 Å². The molecule has 0 radical (unpaired) electrons. The third-order valence-electron chi connectivity index (χ3n) is 5.70. The Labute approximate surface area is 188 Å². The number of hydrogen-bond donors (Lipinski definition) is 1. The molecule has 1 saturated heterocycles. The lowest BCUT2D eigenvalue weighted by Gasteiger charge is -2.39. The molecule has 0 spiro atoms. The number of hydrogen-bond acceptors (Lipinski definition) is 7. The van der Waals surface area contributed by atoms with Crippen molar-refractivity contribution in [2.75, 3.05) is 7.11 Å². The van der Waals surface area contributed by atoms with E-state index in [0.29, 0.717) is 4.88 Å². The predicted octanol–water partition coefficient (Wildman–Crippen LogP) is 3.90. The number of thiophene rings is 1. The van der Waals surface area contributed by atoms with Gasteiger partial charge in [-0.3, -0.25) is 19.7 Å². The molecule has 1 aliphatic heterocycles. The number of nitro benzene ring substituents is 1. The van der Waals surface area contributed by atoms with Gasteiger partial charge in [-0.15, -0.1) is 11.3 Å². The zero-order chi connectivity index (χ0) is 23.6. The van der Waals surface area contributed by atoms with E-state index in [1.165, 1.54) is 47.6 Å². The van der Waals surface area contributed by atoms with Crippen molar-refractivity contribution in [2.45, 2.75) is 38.3 Å². The molecule has 0 saturated carbocycles. The summed E-state index contributed by atoms with van der Waals surface area (Å²) in [6.07, 6.45) is 0.0465. The first-order valence-electron chi connectivity index (χ1n) is 10.0. The normalized spacial score (nSPS) is 22.7. The zero-order valence-electron chi connectivity index (χ0n) is 17.9. The van der Waals surface area contributed by atoms with Crippen molar-refractivity contribution < 1.29 is 29.2 Å². The van der Waals surface area contributed by atoms with Crippen LogP contribution < -0.4 is 0 Å². The molecule has 2 heterocycles. The Bertz CT molecular complexity index is 1020. The Morgan fingerprint density at radius 1 is 1.28 bits per heavy atom. The highest BCUT2D eigenvalue weighted by Gasteiger charge is 2.61. The van der Waals surface area contributed by atoms with Crippen LogP contribution in [0.1, 0.15) is 48.0 Å². The van der Waals surface area contributed by atoms with E-state index < -0.39 is 40.3 Å². The Morgan fingerprint density at radius 3 is 2.41 bits per heavy atom. The Morgan fingerprint density at radius 2 is 1.94 bits per heavy atom. The molecule has 3 rings (SSSR count). The average molecular weight is 461 g/mol. The van der Waals surface area contributed by atoms with Gasteiger partial charge in [0.1, 0.15) is 5.54 Å². The molecule has 3 atom stereocenters. The maximum Gasteiger partial charge on any atom is 0.329 e. The van der Waals surface area contributed by atoms with Gasteiger partial charge in [-0.2, -0.15) is 0 Å². The van der Waals surface area contributed by atoms with Crippen LogP contribution in [0.4, 0.5) is 5.69 Å². The molecule has 1 aromatic carbocycles. The highest BCUT2D eigenvalue weighted by Crippen LogP contribution is 2.51. The fourth-order valence-corrected chi connectivity index (χ4v) is 5.37. The number of non-ortho nitro benzene ring substituents is 1. The minimum Gasteiger partial charge on any atom is -0.479 e. The molecule has 10 heteroatoms. The van der Waals surface area contributed by atoms with Gasteiger partial charge in [-0.1, -0.05) is 19.9 Å². The number of rotatable bonds is 7. The number of benzene rings is 1. The van der Waals surface area contributed by atoms with E-state index in [4.69, 9.17) is 4.74 Å². The van der Waals surface area contributed by atoms with E-state index in [-0.39, 0.29) is 30.0 Å². The molecular weight excluding hydrogens is 436 g/mol. The minimum atomic E-state index is -1.64. The third-order valence-corrected chi connectivity index (χ3v) is 6.65. The molecule has 1 fully saturated rings. The summed E-state index contributed by atoms with van der Waals surface area (Å²) < 4.78 is 4.98. The highest BCUT2D eigenvalue weighted by molar-refractivity contribution is 7.10. The first-order chi connectivity index (χ1) is 15.1. The van der Waals surface area contributed by atoms with E-state index in [2.05, 4.69) is 0 Å². The molecule has 2 aromatic rings. The molecule has 1 amide bonds. The third kappa shape index (κ3) is 4.10.